The first-order chi connectivity index (χ1) is 24.0. The number of carbonyl (C=O) groups is 2. The summed E-state index contributed by atoms with van der Waals surface area (Å²) in [5.41, 5.74) is 0. The number of unbranched alkanes of at least 4 members (excludes halogenated alkanes) is 17. The molecule has 2 atom stereocenters. The minimum Gasteiger partial charge on any atom is -0.463 e. The monoisotopic (exact) mass is 687 g/mol. The number of esters is 2. The van der Waals surface area contributed by atoms with Gasteiger partial charge in [-0.15, -0.1) is 0 Å². The molecule has 0 fully saturated rings. The lowest BCUT2D eigenvalue weighted by Crippen LogP contribution is -2.25. The average Bonchev–Trinajstić information content (AvgIpc) is 3.10. The first-order valence-corrected chi connectivity index (χ1v) is 19.9. The van der Waals surface area contributed by atoms with Crippen LogP contribution in [0.1, 0.15) is 174 Å². The zero-order valence-electron chi connectivity index (χ0n) is 31.5. The summed E-state index contributed by atoms with van der Waals surface area (Å²) >= 11 is 0. The van der Waals surface area contributed by atoms with Crippen LogP contribution in [0, 0.1) is 0 Å². The van der Waals surface area contributed by atoms with E-state index in [9.17, 15) is 19.8 Å². The standard InChI is InChI=1S/C43H74O6/c1-3-5-7-8-9-10-11-12-13-14-15-16-20-23-26-29-32-36-42(46)48-38-41(45)39-49-43(47)37-33-30-27-24-21-18-17-19-22-25-28-31-35-40(44)34-6-4-2/h6,17-18,22,24-25,27-28,31,34,40-41,44-45H,3-5,7-16,19-21,23,26,29-30,32-33,35-39H2,1-2H3/b18-17-,25-22-,27-24-,31-28+,34-6-/t40?,41-/m0/s1. The molecule has 1 unspecified atom stereocenters. The van der Waals surface area contributed by atoms with Crippen LogP contribution in [0.4, 0.5) is 0 Å². The molecule has 0 aromatic carbocycles. The van der Waals surface area contributed by atoms with Crippen LogP contribution in [-0.4, -0.2) is 47.6 Å². The van der Waals surface area contributed by atoms with E-state index in [1.165, 1.54) is 89.9 Å². The second-order valence-corrected chi connectivity index (χ2v) is 13.2. The fourth-order valence-corrected chi connectivity index (χ4v) is 5.32. The molecule has 0 aliphatic carbocycles. The van der Waals surface area contributed by atoms with Crippen LogP contribution in [-0.2, 0) is 19.1 Å². The van der Waals surface area contributed by atoms with E-state index in [4.69, 9.17) is 9.47 Å². The zero-order chi connectivity index (χ0) is 35.9. The molecule has 0 aromatic rings. The molecule has 0 bridgehead atoms. The van der Waals surface area contributed by atoms with Crippen LogP contribution in [0.2, 0.25) is 0 Å². The molecule has 0 spiro atoms. The summed E-state index contributed by atoms with van der Waals surface area (Å²) in [5.74, 6) is -0.653. The van der Waals surface area contributed by atoms with Crippen molar-refractivity contribution in [2.45, 2.75) is 187 Å². The summed E-state index contributed by atoms with van der Waals surface area (Å²) < 4.78 is 10.3. The van der Waals surface area contributed by atoms with Crippen molar-refractivity contribution in [2.75, 3.05) is 13.2 Å². The third-order valence-electron chi connectivity index (χ3n) is 8.34. The number of carbonyl (C=O) groups excluding carboxylic acids is 2. The van der Waals surface area contributed by atoms with Crippen LogP contribution in [0.3, 0.4) is 0 Å². The topological polar surface area (TPSA) is 93.1 Å². The van der Waals surface area contributed by atoms with Gasteiger partial charge in [0.2, 0.25) is 0 Å². The van der Waals surface area contributed by atoms with E-state index in [0.717, 1.165) is 44.9 Å². The minimum absolute atomic E-state index is 0.144. The second-order valence-electron chi connectivity index (χ2n) is 13.2. The van der Waals surface area contributed by atoms with Gasteiger partial charge < -0.3 is 19.7 Å². The lowest BCUT2D eigenvalue weighted by Gasteiger charge is -2.12. The van der Waals surface area contributed by atoms with Crippen molar-refractivity contribution in [3.05, 3.63) is 60.8 Å². The highest BCUT2D eigenvalue weighted by atomic mass is 16.6. The van der Waals surface area contributed by atoms with Crippen LogP contribution in [0.15, 0.2) is 60.8 Å². The number of hydrogen-bond donors (Lipinski definition) is 2. The number of aliphatic hydroxyl groups excluding tert-OH is 2. The van der Waals surface area contributed by atoms with Crippen molar-refractivity contribution >= 4 is 11.9 Å². The summed E-state index contributed by atoms with van der Waals surface area (Å²) in [5, 5.41) is 19.7. The molecule has 282 valence electrons. The van der Waals surface area contributed by atoms with Gasteiger partial charge in [0.15, 0.2) is 0 Å². The maximum Gasteiger partial charge on any atom is 0.305 e. The summed E-state index contributed by atoms with van der Waals surface area (Å²) in [4.78, 5) is 23.9. The smallest absolute Gasteiger partial charge is 0.305 e. The van der Waals surface area contributed by atoms with Gasteiger partial charge in [-0.2, -0.15) is 0 Å². The van der Waals surface area contributed by atoms with E-state index in [2.05, 4.69) is 37.3 Å². The van der Waals surface area contributed by atoms with E-state index in [0.29, 0.717) is 19.3 Å². The number of aliphatic hydroxyl groups is 2. The molecule has 0 aromatic heterocycles. The maximum absolute atomic E-state index is 12.0. The fourth-order valence-electron chi connectivity index (χ4n) is 5.32. The molecule has 0 heterocycles. The van der Waals surface area contributed by atoms with Crippen molar-refractivity contribution in [3.63, 3.8) is 0 Å². The molecular weight excluding hydrogens is 612 g/mol. The largest absolute Gasteiger partial charge is 0.463 e. The summed E-state index contributed by atoms with van der Waals surface area (Å²) in [6.45, 7) is 4.02. The Morgan fingerprint density at radius 2 is 0.980 bits per heavy atom. The number of rotatable bonds is 35. The van der Waals surface area contributed by atoms with Crippen molar-refractivity contribution in [1.29, 1.82) is 0 Å². The maximum atomic E-state index is 12.0. The molecule has 0 saturated carbocycles. The van der Waals surface area contributed by atoms with E-state index >= 15 is 0 Å². The Labute approximate surface area is 301 Å². The van der Waals surface area contributed by atoms with Crippen molar-refractivity contribution in [2.24, 2.45) is 0 Å². The third-order valence-corrected chi connectivity index (χ3v) is 8.34. The Morgan fingerprint density at radius 1 is 0.531 bits per heavy atom. The Morgan fingerprint density at radius 3 is 1.51 bits per heavy atom. The Hall–Kier alpha value is -2.44. The van der Waals surface area contributed by atoms with E-state index in [1.807, 2.05) is 37.3 Å². The molecular formula is C43H74O6. The number of allylic oxidation sites excluding steroid dienone is 8. The number of hydrogen-bond acceptors (Lipinski definition) is 6. The highest BCUT2D eigenvalue weighted by Gasteiger charge is 2.12. The van der Waals surface area contributed by atoms with Crippen LogP contribution in [0.5, 0.6) is 0 Å². The van der Waals surface area contributed by atoms with E-state index in [1.54, 1.807) is 0 Å². The average molecular weight is 687 g/mol. The van der Waals surface area contributed by atoms with Gasteiger partial charge in [0.05, 0.1) is 6.10 Å². The normalized spacial score (nSPS) is 13.5. The number of ether oxygens (including phenoxy) is 2. The molecule has 0 aliphatic heterocycles. The Bertz CT molecular complexity index is 887. The van der Waals surface area contributed by atoms with Gasteiger partial charge in [0.25, 0.3) is 0 Å². The summed E-state index contributed by atoms with van der Waals surface area (Å²) in [6, 6.07) is 0. The van der Waals surface area contributed by atoms with Gasteiger partial charge in [-0.1, -0.05) is 177 Å². The molecule has 0 aliphatic rings. The molecule has 49 heavy (non-hydrogen) atoms. The van der Waals surface area contributed by atoms with Gasteiger partial charge in [-0.25, -0.2) is 0 Å². The van der Waals surface area contributed by atoms with Crippen LogP contribution in [0.25, 0.3) is 0 Å². The molecule has 6 heteroatoms. The van der Waals surface area contributed by atoms with Gasteiger partial charge >= 0.3 is 11.9 Å². The molecule has 0 amide bonds. The Kier molecular flexibility index (Phi) is 36.5. The predicted octanol–water partition coefficient (Wildman–Crippen LogP) is 11.4. The van der Waals surface area contributed by atoms with Crippen molar-refractivity contribution in [3.8, 4) is 0 Å². The quantitative estimate of drug-likeness (QED) is 0.0298. The van der Waals surface area contributed by atoms with Gasteiger partial charge in [-0.3, -0.25) is 9.59 Å². The van der Waals surface area contributed by atoms with Gasteiger partial charge in [-0.05, 0) is 44.9 Å². The second kappa shape index (κ2) is 38.4. The van der Waals surface area contributed by atoms with Crippen molar-refractivity contribution in [1.82, 2.24) is 0 Å². The van der Waals surface area contributed by atoms with E-state index in [-0.39, 0.29) is 31.6 Å². The summed E-state index contributed by atoms with van der Waals surface area (Å²) in [7, 11) is 0. The Balaban J connectivity index is 3.56. The van der Waals surface area contributed by atoms with Crippen molar-refractivity contribution < 1.29 is 29.3 Å². The fraction of sp³-hybridized carbons (Fsp3) is 0.721. The van der Waals surface area contributed by atoms with Crippen LogP contribution >= 0.6 is 0 Å². The van der Waals surface area contributed by atoms with Gasteiger partial charge in [0.1, 0.15) is 19.3 Å². The third kappa shape index (κ3) is 38.2. The molecule has 0 saturated heterocycles. The van der Waals surface area contributed by atoms with Gasteiger partial charge in [0, 0.05) is 12.8 Å². The first kappa shape index (κ1) is 46.6. The SMILES string of the molecule is CC/C=C\C(O)C/C=C/C=C\C/C=C\C/C=C\CCCC(=O)OC[C@@H](O)COC(=O)CCCCCCCCCCCCCCCCCCC. The lowest BCUT2D eigenvalue weighted by molar-refractivity contribution is -0.152. The molecule has 0 rings (SSSR count). The van der Waals surface area contributed by atoms with E-state index < -0.39 is 12.2 Å². The molecule has 0 radical (unpaired) electrons. The lowest BCUT2D eigenvalue weighted by atomic mass is 10.0. The highest BCUT2D eigenvalue weighted by molar-refractivity contribution is 5.69. The minimum atomic E-state index is -0.998. The summed E-state index contributed by atoms with van der Waals surface area (Å²) in [6.07, 6.45) is 46.2. The first-order valence-electron chi connectivity index (χ1n) is 19.9. The zero-order valence-corrected chi connectivity index (χ0v) is 31.5. The predicted molar refractivity (Wildman–Crippen MR) is 206 cm³/mol. The molecule has 2 N–H and O–H groups in total. The molecule has 6 nitrogen and oxygen atoms in total. The highest BCUT2D eigenvalue weighted by Crippen LogP contribution is 2.14. The van der Waals surface area contributed by atoms with Crippen LogP contribution < -0.4 is 0 Å².